The number of benzene rings is 2. The highest BCUT2D eigenvalue weighted by Gasteiger charge is 2.49. The van der Waals surface area contributed by atoms with Crippen molar-refractivity contribution < 1.29 is 23.5 Å². The number of nitrogens with one attached hydrogen (secondary N) is 1. The highest BCUT2D eigenvalue weighted by atomic mass is 19.1. The molecular formula is C26H27FN4O4. The lowest BCUT2D eigenvalue weighted by Crippen LogP contribution is -2.64. The number of carbonyl (C=O) groups excluding carboxylic acids is 3. The molecule has 0 aliphatic carbocycles. The topological polar surface area (TPSA) is 93.5 Å². The number of anilines is 1. The van der Waals surface area contributed by atoms with Crippen LogP contribution in [0, 0.1) is 19.7 Å². The van der Waals surface area contributed by atoms with E-state index >= 15 is 0 Å². The SMILES string of the molecule is CCOC(=O)c1cc2n(n1)CC(C)(C(=O)NCc1ccc(F)cc1)N(c1ccc(C)cc1C)C2=O. The van der Waals surface area contributed by atoms with E-state index in [2.05, 4.69) is 10.4 Å². The number of aryl methyl sites for hydroxylation is 2. The molecule has 0 spiro atoms. The quantitative estimate of drug-likeness (QED) is 0.547. The van der Waals surface area contributed by atoms with Gasteiger partial charge in [0.2, 0.25) is 5.91 Å². The van der Waals surface area contributed by atoms with Gasteiger partial charge >= 0.3 is 5.97 Å². The zero-order chi connectivity index (χ0) is 25.3. The average Bonchev–Trinajstić information content (AvgIpc) is 3.24. The van der Waals surface area contributed by atoms with Crippen molar-refractivity contribution in [3.05, 3.63) is 82.4 Å². The molecule has 1 aromatic heterocycles. The molecule has 3 aromatic rings. The number of aromatic nitrogens is 2. The van der Waals surface area contributed by atoms with Crippen molar-refractivity contribution in [3.8, 4) is 0 Å². The molecule has 0 bridgehead atoms. The van der Waals surface area contributed by atoms with Gasteiger partial charge in [0.25, 0.3) is 5.91 Å². The number of esters is 1. The summed E-state index contributed by atoms with van der Waals surface area (Å²) in [6.45, 7) is 7.53. The lowest BCUT2D eigenvalue weighted by Gasteiger charge is -2.43. The summed E-state index contributed by atoms with van der Waals surface area (Å²) in [5, 5.41) is 7.14. The van der Waals surface area contributed by atoms with E-state index in [1.54, 1.807) is 26.0 Å². The molecule has 0 radical (unpaired) electrons. The van der Waals surface area contributed by atoms with Crippen molar-refractivity contribution >= 4 is 23.5 Å². The number of rotatable bonds is 6. The van der Waals surface area contributed by atoms with Gasteiger partial charge in [0.15, 0.2) is 5.69 Å². The second-order valence-corrected chi connectivity index (χ2v) is 8.81. The molecule has 0 fully saturated rings. The molecule has 1 atom stereocenters. The lowest BCUT2D eigenvalue weighted by molar-refractivity contribution is -0.126. The Labute approximate surface area is 202 Å². The summed E-state index contributed by atoms with van der Waals surface area (Å²) in [5.41, 5.74) is 1.99. The molecule has 0 saturated heterocycles. The fourth-order valence-electron chi connectivity index (χ4n) is 4.30. The van der Waals surface area contributed by atoms with E-state index in [0.717, 1.165) is 11.1 Å². The van der Waals surface area contributed by atoms with Crippen molar-refractivity contribution in [2.75, 3.05) is 11.5 Å². The molecule has 0 saturated carbocycles. The largest absolute Gasteiger partial charge is 0.461 e. The second-order valence-electron chi connectivity index (χ2n) is 8.81. The Kier molecular flexibility index (Phi) is 6.43. The number of ether oxygens (including phenoxy) is 1. The summed E-state index contributed by atoms with van der Waals surface area (Å²) in [4.78, 5) is 41.1. The van der Waals surface area contributed by atoms with Gasteiger partial charge in [0.05, 0.1) is 13.2 Å². The molecular weight excluding hydrogens is 451 g/mol. The average molecular weight is 479 g/mol. The number of hydrogen-bond donors (Lipinski definition) is 1. The van der Waals surface area contributed by atoms with Gasteiger partial charge in [-0.3, -0.25) is 19.2 Å². The Bertz CT molecular complexity index is 1300. The van der Waals surface area contributed by atoms with E-state index in [-0.39, 0.29) is 36.9 Å². The predicted molar refractivity (Wildman–Crippen MR) is 128 cm³/mol. The van der Waals surface area contributed by atoms with Crippen LogP contribution >= 0.6 is 0 Å². The summed E-state index contributed by atoms with van der Waals surface area (Å²) in [6.07, 6.45) is 0. The van der Waals surface area contributed by atoms with Crippen molar-refractivity contribution in [1.82, 2.24) is 15.1 Å². The Morgan fingerprint density at radius 2 is 1.86 bits per heavy atom. The summed E-state index contributed by atoms with van der Waals surface area (Å²) < 4.78 is 19.7. The monoisotopic (exact) mass is 478 g/mol. The van der Waals surface area contributed by atoms with Crippen LogP contribution < -0.4 is 10.2 Å². The molecule has 1 N–H and O–H groups in total. The minimum absolute atomic E-state index is 0.00625. The minimum Gasteiger partial charge on any atom is -0.461 e. The van der Waals surface area contributed by atoms with Crippen LogP contribution in [0.4, 0.5) is 10.1 Å². The highest BCUT2D eigenvalue weighted by molar-refractivity contribution is 6.12. The number of halogens is 1. The third-order valence-electron chi connectivity index (χ3n) is 6.09. The zero-order valence-corrected chi connectivity index (χ0v) is 20.1. The summed E-state index contributed by atoms with van der Waals surface area (Å²) in [7, 11) is 0. The standard InChI is InChI=1S/C26H27FN4O4/c1-5-35-24(33)20-13-22-23(32)31(21-11-6-16(2)12-17(21)3)26(4,15-30(22)29-20)25(34)28-14-18-7-9-19(27)10-8-18/h6-13H,5,14-15H2,1-4H3,(H,28,34). The van der Waals surface area contributed by atoms with Crippen molar-refractivity contribution in [3.63, 3.8) is 0 Å². The fourth-order valence-corrected chi connectivity index (χ4v) is 4.30. The first kappa shape index (κ1) is 24.1. The first-order valence-electron chi connectivity index (χ1n) is 11.3. The van der Waals surface area contributed by atoms with E-state index in [1.165, 1.54) is 27.8 Å². The van der Waals surface area contributed by atoms with Crippen LogP contribution in [0.25, 0.3) is 0 Å². The van der Waals surface area contributed by atoms with Gasteiger partial charge in [-0.2, -0.15) is 5.10 Å². The Morgan fingerprint density at radius 3 is 2.51 bits per heavy atom. The maximum absolute atomic E-state index is 13.8. The van der Waals surface area contributed by atoms with Gasteiger partial charge < -0.3 is 10.1 Å². The highest BCUT2D eigenvalue weighted by Crippen LogP contribution is 2.35. The van der Waals surface area contributed by atoms with E-state index in [9.17, 15) is 18.8 Å². The van der Waals surface area contributed by atoms with Crippen molar-refractivity contribution in [1.29, 1.82) is 0 Å². The Morgan fingerprint density at radius 1 is 1.14 bits per heavy atom. The molecule has 2 aromatic carbocycles. The number of fused-ring (bicyclic) bond motifs is 1. The van der Waals surface area contributed by atoms with Gasteiger partial charge in [-0.1, -0.05) is 29.8 Å². The van der Waals surface area contributed by atoms with Gasteiger partial charge in [-0.25, -0.2) is 9.18 Å². The van der Waals surface area contributed by atoms with Crippen molar-refractivity contribution in [2.24, 2.45) is 0 Å². The van der Waals surface area contributed by atoms with Crippen LogP contribution in [-0.4, -0.2) is 39.7 Å². The number of amides is 2. The third-order valence-corrected chi connectivity index (χ3v) is 6.09. The van der Waals surface area contributed by atoms with E-state index in [0.29, 0.717) is 11.3 Å². The van der Waals surface area contributed by atoms with Crippen LogP contribution in [0.5, 0.6) is 0 Å². The summed E-state index contributed by atoms with van der Waals surface area (Å²) in [5.74, 6) is -1.86. The normalized spacial score (nSPS) is 17.2. The van der Waals surface area contributed by atoms with Gasteiger partial charge in [0, 0.05) is 18.3 Å². The smallest absolute Gasteiger partial charge is 0.358 e. The third kappa shape index (κ3) is 4.53. The maximum Gasteiger partial charge on any atom is 0.358 e. The first-order valence-corrected chi connectivity index (χ1v) is 11.3. The minimum atomic E-state index is -1.36. The molecule has 182 valence electrons. The van der Waals surface area contributed by atoms with Crippen LogP contribution in [0.2, 0.25) is 0 Å². The molecule has 8 nitrogen and oxygen atoms in total. The fraction of sp³-hybridized carbons (Fsp3) is 0.308. The van der Waals surface area contributed by atoms with Gasteiger partial charge in [0.1, 0.15) is 17.1 Å². The molecule has 35 heavy (non-hydrogen) atoms. The molecule has 2 amide bonds. The van der Waals surface area contributed by atoms with Crippen LogP contribution in [0.15, 0.2) is 48.5 Å². The molecule has 1 aliphatic heterocycles. The van der Waals surface area contributed by atoms with Crippen LogP contribution in [-0.2, 0) is 22.6 Å². The molecule has 9 heteroatoms. The number of hydrogen-bond acceptors (Lipinski definition) is 5. The van der Waals surface area contributed by atoms with Crippen molar-refractivity contribution in [2.45, 2.75) is 46.3 Å². The lowest BCUT2D eigenvalue weighted by atomic mass is 9.92. The summed E-state index contributed by atoms with van der Waals surface area (Å²) in [6, 6.07) is 12.8. The predicted octanol–water partition coefficient (Wildman–Crippen LogP) is 3.55. The van der Waals surface area contributed by atoms with E-state index in [1.807, 2.05) is 32.0 Å². The Hall–Kier alpha value is -4.01. The summed E-state index contributed by atoms with van der Waals surface area (Å²) >= 11 is 0. The molecule has 4 rings (SSSR count). The zero-order valence-electron chi connectivity index (χ0n) is 20.1. The first-order chi connectivity index (χ1) is 16.6. The number of carbonyl (C=O) groups is 3. The Balaban J connectivity index is 1.74. The maximum atomic E-state index is 13.8. The van der Waals surface area contributed by atoms with E-state index < -0.39 is 23.3 Å². The van der Waals surface area contributed by atoms with Gasteiger partial charge in [-0.15, -0.1) is 0 Å². The van der Waals surface area contributed by atoms with Crippen LogP contribution in [0.1, 0.15) is 51.5 Å². The van der Waals surface area contributed by atoms with Crippen LogP contribution in [0.3, 0.4) is 0 Å². The molecule has 1 aliphatic rings. The number of nitrogens with zero attached hydrogens (tertiary/aromatic N) is 3. The van der Waals surface area contributed by atoms with Gasteiger partial charge in [-0.05, 0) is 57.0 Å². The second kappa shape index (κ2) is 9.32. The molecule has 2 heterocycles. The molecule has 1 unspecified atom stereocenters. The van der Waals surface area contributed by atoms with E-state index in [4.69, 9.17) is 4.74 Å².